The van der Waals surface area contributed by atoms with E-state index in [1.165, 1.54) is 6.92 Å². The van der Waals surface area contributed by atoms with Crippen LogP contribution in [0.3, 0.4) is 0 Å². The van der Waals surface area contributed by atoms with E-state index in [-0.39, 0.29) is 26.1 Å². The second kappa shape index (κ2) is 17.1. The molecule has 0 saturated heterocycles. The van der Waals surface area contributed by atoms with Crippen LogP contribution in [0.15, 0.2) is 121 Å². The Morgan fingerprint density at radius 3 is 1.59 bits per heavy atom. The fourth-order valence-electron chi connectivity index (χ4n) is 4.86. The summed E-state index contributed by atoms with van der Waals surface area (Å²) < 4.78 is 24.9. The lowest BCUT2D eigenvalue weighted by Crippen LogP contribution is -2.45. The van der Waals surface area contributed by atoms with Crippen molar-refractivity contribution in [3.63, 3.8) is 0 Å². The van der Waals surface area contributed by atoms with Gasteiger partial charge in [0.15, 0.2) is 0 Å². The Balaban J connectivity index is 1.49. The van der Waals surface area contributed by atoms with Gasteiger partial charge in [0.25, 0.3) is 0 Å². The van der Waals surface area contributed by atoms with E-state index in [0.29, 0.717) is 0 Å². The molecule has 9 nitrogen and oxygen atoms in total. The molecule has 0 spiro atoms. The van der Waals surface area contributed by atoms with Crippen LogP contribution in [0.2, 0.25) is 0 Å². The van der Waals surface area contributed by atoms with Gasteiger partial charge in [-0.3, -0.25) is 9.36 Å². The van der Waals surface area contributed by atoms with Gasteiger partial charge in [0.1, 0.15) is 25.0 Å². The molecule has 0 aliphatic rings. The number of benzene rings is 4. The molecule has 3 N–H and O–H groups in total. The van der Waals surface area contributed by atoms with E-state index in [9.17, 15) is 23.8 Å². The molecule has 10 heteroatoms. The van der Waals surface area contributed by atoms with E-state index in [1.54, 1.807) is 36.4 Å². The first-order valence-electron chi connectivity index (χ1n) is 15.1. The van der Waals surface area contributed by atoms with Gasteiger partial charge < -0.3 is 25.0 Å². The molecule has 0 saturated carbocycles. The normalized spacial score (nSPS) is 14.1. The zero-order valence-corrected chi connectivity index (χ0v) is 26.6. The molecule has 4 aromatic rings. The number of rotatable bonds is 15. The number of nitrogens with one attached hydrogen (secondary N) is 2. The lowest BCUT2D eigenvalue weighted by molar-refractivity contribution is -0.148. The van der Waals surface area contributed by atoms with Gasteiger partial charge in [-0.25, -0.2) is 9.59 Å². The van der Waals surface area contributed by atoms with E-state index in [4.69, 9.17) is 9.47 Å². The molecule has 4 aromatic carbocycles. The van der Waals surface area contributed by atoms with Crippen LogP contribution >= 0.6 is 7.37 Å². The highest BCUT2D eigenvalue weighted by molar-refractivity contribution is 7.58. The maximum Gasteiger partial charge on any atom is 0.408 e. The van der Waals surface area contributed by atoms with Gasteiger partial charge in [-0.2, -0.15) is 0 Å². The summed E-state index contributed by atoms with van der Waals surface area (Å²) in [6, 6.07) is 35.4. The summed E-state index contributed by atoms with van der Waals surface area (Å²) in [4.78, 5) is 50.7. The van der Waals surface area contributed by atoms with E-state index >= 15 is 0 Å². The summed E-state index contributed by atoms with van der Waals surface area (Å²) >= 11 is 0. The van der Waals surface area contributed by atoms with Crippen LogP contribution in [0.25, 0.3) is 0 Å². The highest BCUT2D eigenvalue weighted by Gasteiger charge is 2.38. The molecule has 46 heavy (non-hydrogen) atoms. The van der Waals surface area contributed by atoms with Crippen LogP contribution < -0.4 is 10.6 Å². The van der Waals surface area contributed by atoms with Crippen LogP contribution in [0.4, 0.5) is 4.79 Å². The van der Waals surface area contributed by atoms with Gasteiger partial charge >= 0.3 is 12.1 Å². The Kier molecular flexibility index (Phi) is 12.7. The van der Waals surface area contributed by atoms with Gasteiger partial charge in [-0.05, 0) is 35.6 Å². The van der Waals surface area contributed by atoms with Crippen molar-refractivity contribution >= 4 is 25.3 Å². The average Bonchev–Trinajstić information content (AvgIpc) is 3.07. The smallest absolute Gasteiger partial charge is 0.408 e. The highest BCUT2D eigenvalue weighted by atomic mass is 31.2. The number of carbonyl (C=O) groups is 3. The Morgan fingerprint density at radius 1 is 0.652 bits per heavy atom. The standard InChI is InChI=1S/C36H39N2O7P/c1-27(35(40)44-24-30-18-10-4-11-19-30)37-34(39)32(22-28-14-6-2-7-15-28)26-46(42,43)33(23-29-16-8-3-9-17-29)38-36(41)45-25-31-20-12-5-13-21-31/h2-21,27,32-33H,22-26H2,1H3,(H,37,39)(H,38,41)(H,42,43)/t27-,32?,33?/m0/s1. The van der Waals surface area contributed by atoms with Crippen molar-refractivity contribution in [2.24, 2.45) is 5.92 Å². The molecule has 3 unspecified atom stereocenters. The van der Waals surface area contributed by atoms with Crippen molar-refractivity contribution in [2.45, 2.75) is 44.8 Å². The SMILES string of the molecule is C[C@H](NC(=O)C(Cc1ccccc1)CP(=O)(O)C(Cc1ccccc1)NC(=O)OCc1ccccc1)C(=O)OCc1ccccc1. The van der Waals surface area contributed by atoms with Gasteiger partial charge in [0, 0.05) is 12.6 Å². The summed E-state index contributed by atoms with van der Waals surface area (Å²) in [6.45, 7) is 1.54. The number of hydrogen-bond donors (Lipinski definition) is 3. The van der Waals surface area contributed by atoms with E-state index in [1.807, 2.05) is 84.9 Å². The van der Waals surface area contributed by atoms with Crippen molar-refractivity contribution in [2.75, 3.05) is 6.16 Å². The van der Waals surface area contributed by atoms with Gasteiger partial charge in [0.2, 0.25) is 13.3 Å². The zero-order valence-electron chi connectivity index (χ0n) is 25.7. The molecule has 0 bridgehead atoms. The summed E-state index contributed by atoms with van der Waals surface area (Å²) in [6.07, 6.45) is -1.12. The summed E-state index contributed by atoms with van der Waals surface area (Å²) in [5.41, 5.74) is 3.07. The molecular formula is C36H39N2O7P. The number of alkyl carbamates (subject to hydrolysis) is 1. The third-order valence-electron chi connectivity index (χ3n) is 7.37. The van der Waals surface area contributed by atoms with Crippen molar-refractivity contribution < 1.29 is 33.3 Å². The molecule has 240 valence electrons. The molecule has 0 aliphatic carbocycles. The van der Waals surface area contributed by atoms with Crippen molar-refractivity contribution in [3.05, 3.63) is 144 Å². The quantitative estimate of drug-likeness (QED) is 0.109. The number of carbonyl (C=O) groups excluding carboxylic acids is 3. The van der Waals surface area contributed by atoms with Crippen LogP contribution in [0, 0.1) is 5.92 Å². The Morgan fingerprint density at radius 2 is 1.09 bits per heavy atom. The topological polar surface area (TPSA) is 131 Å². The first-order valence-corrected chi connectivity index (χ1v) is 17.0. The number of hydrogen-bond acceptors (Lipinski definition) is 6. The molecule has 0 radical (unpaired) electrons. The third-order valence-corrected chi connectivity index (χ3v) is 9.62. The van der Waals surface area contributed by atoms with Crippen LogP contribution in [0.5, 0.6) is 0 Å². The fourth-order valence-corrected chi connectivity index (χ4v) is 6.84. The maximum absolute atomic E-state index is 14.1. The second-order valence-corrected chi connectivity index (χ2v) is 13.6. The molecule has 0 heterocycles. The predicted molar refractivity (Wildman–Crippen MR) is 176 cm³/mol. The maximum atomic E-state index is 14.1. The summed E-state index contributed by atoms with van der Waals surface area (Å²) in [5.74, 6) is -3.44. The molecule has 0 fully saturated rings. The van der Waals surface area contributed by atoms with E-state index in [0.717, 1.165) is 22.3 Å². The monoisotopic (exact) mass is 642 g/mol. The van der Waals surface area contributed by atoms with Gasteiger partial charge in [-0.1, -0.05) is 121 Å². The Bertz CT molecular complexity index is 1590. The number of ether oxygens (including phenoxy) is 2. The van der Waals surface area contributed by atoms with Crippen molar-refractivity contribution in [1.82, 2.24) is 10.6 Å². The number of esters is 1. The molecule has 2 amide bonds. The largest absolute Gasteiger partial charge is 0.459 e. The minimum atomic E-state index is -4.27. The van der Waals surface area contributed by atoms with Crippen molar-refractivity contribution in [3.8, 4) is 0 Å². The molecule has 0 aliphatic heterocycles. The second-order valence-electron chi connectivity index (χ2n) is 11.1. The minimum absolute atomic E-state index is 0.0161. The highest BCUT2D eigenvalue weighted by Crippen LogP contribution is 2.48. The van der Waals surface area contributed by atoms with Crippen LogP contribution in [0.1, 0.15) is 29.2 Å². The Labute approximate surface area is 269 Å². The van der Waals surface area contributed by atoms with Crippen molar-refractivity contribution in [1.29, 1.82) is 0 Å². The first-order chi connectivity index (χ1) is 22.2. The zero-order chi connectivity index (χ0) is 32.8. The molecule has 4 rings (SSSR count). The summed E-state index contributed by atoms with van der Waals surface area (Å²) in [5, 5.41) is 5.26. The molecular weight excluding hydrogens is 603 g/mol. The lowest BCUT2D eigenvalue weighted by Gasteiger charge is -2.28. The lowest BCUT2D eigenvalue weighted by atomic mass is 10.00. The van der Waals surface area contributed by atoms with Crippen LogP contribution in [-0.4, -0.2) is 40.8 Å². The van der Waals surface area contributed by atoms with Gasteiger partial charge in [-0.15, -0.1) is 0 Å². The predicted octanol–water partition coefficient (Wildman–Crippen LogP) is 5.86. The fraction of sp³-hybridized carbons (Fsp3) is 0.250. The Hall–Kier alpha value is -4.72. The average molecular weight is 643 g/mol. The van der Waals surface area contributed by atoms with Gasteiger partial charge in [0.05, 0.1) is 5.92 Å². The third kappa shape index (κ3) is 11.0. The first kappa shape index (κ1) is 34.2. The number of amides is 2. The molecule has 0 aromatic heterocycles. The minimum Gasteiger partial charge on any atom is -0.459 e. The van der Waals surface area contributed by atoms with Crippen LogP contribution in [-0.2, 0) is 49.7 Å². The van der Waals surface area contributed by atoms with E-state index in [2.05, 4.69) is 10.6 Å². The molecule has 4 atom stereocenters. The van der Waals surface area contributed by atoms with E-state index < -0.39 is 49.2 Å². The summed E-state index contributed by atoms with van der Waals surface area (Å²) in [7, 11) is -4.27.